The highest BCUT2D eigenvalue weighted by Gasteiger charge is 2.22. The summed E-state index contributed by atoms with van der Waals surface area (Å²) in [5.74, 6) is -0.465. The molecule has 21 heavy (non-hydrogen) atoms. The standard InChI is InChI=1S/C14H17FN2O2S2/c1-3-16-9-13-8-14(10-20-13)21(18,19)17(2)12-6-4-5-11(15)7-12/h4-8,10,16H,3,9H2,1-2H3. The first-order chi connectivity index (χ1) is 9.95. The van der Waals surface area contributed by atoms with Gasteiger partial charge in [0.05, 0.1) is 10.6 Å². The van der Waals surface area contributed by atoms with Crippen molar-refractivity contribution in [1.29, 1.82) is 0 Å². The Balaban J connectivity index is 2.26. The van der Waals surface area contributed by atoms with E-state index >= 15 is 0 Å². The molecule has 0 aliphatic carbocycles. The van der Waals surface area contributed by atoms with Crippen LogP contribution in [0.1, 0.15) is 11.8 Å². The summed E-state index contributed by atoms with van der Waals surface area (Å²) in [6.45, 7) is 3.45. The predicted molar refractivity (Wildman–Crippen MR) is 83.7 cm³/mol. The molecule has 1 aromatic carbocycles. The molecule has 7 heteroatoms. The Morgan fingerprint density at radius 2 is 2.10 bits per heavy atom. The van der Waals surface area contributed by atoms with Crippen LogP contribution in [0.5, 0.6) is 0 Å². The van der Waals surface area contributed by atoms with Gasteiger partial charge in [-0.15, -0.1) is 11.3 Å². The number of sulfonamides is 1. The average Bonchev–Trinajstić information content (AvgIpc) is 2.93. The topological polar surface area (TPSA) is 49.4 Å². The third kappa shape index (κ3) is 3.61. The highest BCUT2D eigenvalue weighted by atomic mass is 32.2. The van der Waals surface area contributed by atoms with Gasteiger partial charge in [-0.3, -0.25) is 4.31 Å². The highest BCUT2D eigenvalue weighted by Crippen LogP contribution is 2.26. The minimum Gasteiger partial charge on any atom is -0.312 e. The molecule has 114 valence electrons. The molecular formula is C14H17FN2O2S2. The van der Waals surface area contributed by atoms with Gasteiger partial charge >= 0.3 is 0 Å². The van der Waals surface area contributed by atoms with Crippen LogP contribution in [0, 0.1) is 5.82 Å². The number of hydrogen-bond acceptors (Lipinski definition) is 4. The summed E-state index contributed by atoms with van der Waals surface area (Å²) < 4.78 is 39.4. The van der Waals surface area contributed by atoms with Crippen molar-refractivity contribution in [3.63, 3.8) is 0 Å². The molecule has 2 aromatic rings. The van der Waals surface area contributed by atoms with Gasteiger partial charge in [-0.25, -0.2) is 12.8 Å². The molecule has 0 saturated carbocycles. The molecule has 0 fully saturated rings. The number of nitrogens with one attached hydrogen (secondary N) is 1. The summed E-state index contributed by atoms with van der Waals surface area (Å²) in [5, 5.41) is 4.76. The second-order valence-corrected chi connectivity index (χ2v) is 7.45. The third-order valence-corrected chi connectivity index (χ3v) is 5.86. The molecule has 1 heterocycles. The van der Waals surface area contributed by atoms with E-state index in [1.54, 1.807) is 17.5 Å². The molecule has 0 radical (unpaired) electrons. The summed E-state index contributed by atoms with van der Waals surface area (Å²) in [7, 11) is -2.24. The van der Waals surface area contributed by atoms with Crippen LogP contribution in [-0.4, -0.2) is 22.0 Å². The summed E-state index contributed by atoms with van der Waals surface area (Å²) in [6, 6.07) is 7.18. The Kier molecular flexibility index (Phi) is 4.97. The van der Waals surface area contributed by atoms with E-state index in [0.29, 0.717) is 12.2 Å². The summed E-state index contributed by atoms with van der Waals surface area (Å²) >= 11 is 1.39. The molecule has 0 aliphatic rings. The van der Waals surface area contributed by atoms with Crippen LogP contribution in [0.25, 0.3) is 0 Å². The number of thiophene rings is 1. The van der Waals surface area contributed by atoms with Gasteiger partial charge < -0.3 is 5.32 Å². The smallest absolute Gasteiger partial charge is 0.264 e. The third-order valence-electron chi connectivity index (χ3n) is 3.01. The maximum Gasteiger partial charge on any atom is 0.264 e. The van der Waals surface area contributed by atoms with Crippen LogP contribution in [0.15, 0.2) is 40.6 Å². The van der Waals surface area contributed by atoms with Crippen LogP contribution in [0.2, 0.25) is 0 Å². The molecule has 1 N–H and O–H groups in total. The summed E-state index contributed by atoms with van der Waals surface area (Å²) in [6.07, 6.45) is 0. The zero-order chi connectivity index (χ0) is 15.5. The van der Waals surface area contributed by atoms with Crippen molar-refractivity contribution in [3.8, 4) is 0 Å². The Bertz CT molecular complexity index is 713. The minimum atomic E-state index is -3.66. The molecule has 4 nitrogen and oxygen atoms in total. The first-order valence-corrected chi connectivity index (χ1v) is 8.79. The van der Waals surface area contributed by atoms with Crippen LogP contribution >= 0.6 is 11.3 Å². The second-order valence-electron chi connectivity index (χ2n) is 4.48. The number of hydrogen-bond donors (Lipinski definition) is 1. The van der Waals surface area contributed by atoms with E-state index in [4.69, 9.17) is 0 Å². The Labute approximate surface area is 128 Å². The van der Waals surface area contributed by atoms with Crippen molar-refractivity contribution in [2.75, 3.05) is 17.9 Å². The first kappa shape index (κ1) is 15.9. The van der Waals surface area contributed by atoms with Gasteiger partial charge in [0.2, 0.25) is 0 Å². The Morgan fingerprint density at radius 3 is 2.76 bits per heavy atom. The maximum atomic E-state index is 13.2. The van der Waals surface area contributed by atoms with Gasteiger partial charge in [-0.05, 0) is 30.8 Å². The van der Waals surface area contributed by atoms with Crippen LogP contribution in [0.3, 0.4) is 0 Å². The number of nitrogens with zero attached hydrogens (tertiary/aromatic N) is 1. The van der Waals surface area contributed by atoms with Crippen molar-refractivity contribution in [2.45, 2.75) is 18.4 Å². The molecule has 0 amide bonds. The van der Waals surface area contributed by atoms with Gasteiger partial charge in [0, 0.05) is 23.8 Å². The molecule has 0 unspecified atom stereocenters. The molecule has 0 spiro atoms. The van der Waals surface area contributed by atoms with E-state index in [0.717, 1.165) is 15.7 Å². The van der Waals surface area contributed by atoms with E-state index in [1.165, 1.54) is 36.6 Å². The second kappa shape index (κ2) is 6.55. The van der Waals surface area contributed by atoms with E-state index < -0.39 is 15.8 Å². The van der Waals surface area contributed by atoms with E-state index in [1.807, 2.05) is 6.92 Å². The molecule has 0 bridgehead atoms. The van der Waals surface area contributed by atoms with E-state index in [2.05, 4.69) is 5.32 Å². The maximum absolute atomic E-state index is 13.2. The lowest BCUT2D eigenvalue weighted by molar-refractivity contribution is 0.594. The molecule has 1 aromatic heterocycles. The first-order valence-electron chi connectivity index (χ1n) is 6.47. The van der Waals surface area contributed by atoms with Crippen molar-refractivity contribution in [1.82, 2.24) is 5.32 Å². The Hall–Kier alpha value is -1.44. The fraction of sp³-hybridized carbons (Fsp3) is 0.286. The quantitative estimate of drug-likeness (QED) is 0.887. The highest BCUT2D eigenvalue weighted by molar-refractivity contribution is 7.93. The lowest BCUT2D eigenvalue weighted by Crippen LogP contribution is -2.26. The van der Waals surface area contributed by atoms with Crippen molar-refractivity contribution in [2.24, 2.45) is 0 Å². The molecule has 0 saturated heterocycles. The zero-order valence-electron chi connectivity index (χ0n) is 11.8. The van der Waals surface area contributed by atoms with Crippen LogP contribution in [0.4, 0.5) is 10.1 Å². The predicted octanol–water partition coefficient (Wildman–Crippen LogP) is 2.82. The largest absolute Gasteiger partial charge is 0.312 e. The number of benzene rings is 1. The van der Waals surface area contributed by atoms with Crippen molar-refractivity contribution < 1.29 is 12.8 Å². The summed E-state index contributed by atoms with van der Waals surface area (Å²) in [4.78, 5) is 1.18. The molecule has 2 rings (SSSR count). The number of anilines is 1. The van der Waals surface area contributed by atoms with Gasteiger partial charge in [0.15, 0.2) is 0 Å². The zero-order valence-corrected chi connectivity index (χ0v) is 13.5. The fourth-order valence-corrected chi connectivity index (χ4v) is 4.23. The van der Waals surface area contributed by atoms with Gasteiger partial charge in [0.1, 0.15) is 5.82 Å². The van der Waals surface area contributed by atoms with Gasteiger partial charge in [0.25, 0.3) is 10.0 Å². The van der Waals surface area contributed by atoms with Crippen LogP contribution < -0.4 is 9.62 Å². The molecular weight excluding hydrogens is 311 g/mol. The van der Waals surface area contributed by atoms with Gasteiger partial charge in [-0.2, -0.15) is 0 Å². The number of rotatable bonds is 6. The van der Waals surface area contributed by atoms with E-state index in [9.17, 15) is 12.8 Å². The summed E-state index contributed by atoms with van der Waals surface area (Å²) in [5.41, 5.74) is 0.300. The molecule has 0 aliphatic heterocycles. The van der Waals surface area contributed by atoms with Crippen LogP contribution in [-0.2, 0) is 16.6 Å². The van der Waals surface area contributed by atoms with Crippen molar-refractivity contribution in [3.05, 3.63) is 46.4 Å². The van der Waals surface area contributed by atoms with Gasteiger partial charge in [-0.1, -0.05) is 13.0 Å². The van der Waals surface area contributed by atoms with E-state index in [-0.39, 0.29) is 4.90 Å². The lowest BCUT2D eigenvalue weighted by atomic mass is 10.3. The lowest BCUT2D eigenvalue weighted by Gasteiger charge is -2.18. The normalized spacial score (nSPS) is 11.6. The number of halogens is 1. The monoisotopic (exact) mass is 328 g/mol. The van der Waals surface area contributed by atoms with Crippen molar-refractivity contribution >= 4 is 27.0 Å². The fourth-order valence-electron chi connectivity index (χ4n) is 1.81. The minimum absolute atomic E-state index is 0.229. The average molecular weight is 328 g/mol. The Morgan fingerprint density at radius 1 is 1.33 bits per heavy atom. The SMILES string of the molecule is CCNCc1cc(S(=O)(=O)N(C)c2cccc(F)c2)cs1. The molecule has 0 atom stereocenters.